The number of anilines is 1. The summed E-state index contributed by atoms with van der Waals surface area (Å²) in [6, 6.07) is 0.657. The summed E-state index contributed by atoms with van der Waals surface area (Å²) in [5.41, 5.74) is -0.893. The highest BCUT2D eigenvalue weighted by Crippen LogP contribution is 2.34. The zero-order valence-electron chi connectivity index (χ0n) is 14.5. The standard InChI is InChI=1S/C14H16ClF3N4O4S/c1-8(23)12-5-10(26-20-12)7-22(27(3,24)25)21(2)13-11(15)4-9(6-19-13)14(16,17)18/h4,6,10H,5,7H2,1-3H3. The first-order valence-electron chi connectivity index (χ1n) is 7.48. The van der Waals surface area contributed by atoms with Crippen LogP contribution in [0.25, 0.3) is 0 Å². The molecule has 2 rings (SSSR count). The van der Waals surface area contributed by atoms with Gasteiger partial charge in [0.2, 0.25) is 10.0 Å². The second-order valence-electron chi connectivity index (χ2n) is 5.84. The Labute approximate surface area is 158 Å². The number of ketones is 1. The van der Waals surface area contributed by atoms with Crippen molar-refractivity contribution in [3.63, 3.8) is 0 Å². The summed E-state index contributed by atoms with van der Waals surface area (Å²) >= 11 is 5.88. The Balaban J connectivity index is 2.26. The summed E-state index contributed by atoms with van der Waals surface area (Å²) in [6.07, 6.45) is -3.81. The third kappa shape index (κ3) is 5.08. The first-order chi connectivity index (χ1) is 12.3. The molecule has 0 saturated heterocycles. The molecule has 0 aliphatic carbocycles. The van der Waals surface area contributed by atoms with Crippen LogP contribution in [0.15, 0.2) is 17.4 Å². The first kappa shape index (κ1) is 21.4. The highest BCUT2D eigenvalue weighted by atomic mass is 35.5. The third-order valence-electron chi connectivity index (χ3n) is 3.67. The number of alkyl halides is 3. The van der Waals surface area contributed by atoms with Gasteiger partial charge in [0.05, 0.1) is 23.4 Å². The van der Waals surface area contributed by atoms with Gasteiger partial charge in [0.1, 0.15) is 11.8 Å². The molecule has 0 amide bonds. The van der Waals surface area contributed by atoms with Gasteiger partial charge in [-0.25, -0.2) is 13.4 Å². The number of pyridine rings is 1. The van der Waals surface area contributed by atoms with Crippen molar-refractivity contribution in [2.75, 3.05) is 24.9 Å². The molecule has 0 aromatic carbocycles. The summed E-state index contributed by atoms with van der Waals surface area (Å²) < 4.78 is 63.4. The van der Waals surface area contributed by atoms with Crippen LogP contribution in [0.4, 0.5) is 19.0 Å². The predicted molar refractivity (Wildman–Crippen MR) is 91.8 cm³/mol. The summed E-state index contributed by atoms with van der Waals surface area (Å²) in [4.78, 5) is 20.0. The fourth-order valence-corrected chi connectivity index (χ4v) is 3.57. The van der Waals surface area contributed by atoms with Crippen molar-refractivity contribution >= 4 is 38.9 Å². The topological polar surface area (TPSA) is 92.2 Å². The van der Waals surface area contributed by atoms with E-state index in [0.29, 0.717) is 12.3 Å². The maximum absolute atomic E-state index is 12.7. The van der Waals surface area contributed by atoms with Crippen molar-refractivity contribution in [3.8, 4) is 0 Å². The number of halogens is 4. The number of sulfonamides is 1. The molecule has 1 unspecified atom stereocenters. The van der Waals surface area contributed by atoms with Crippen LogP contribution >= 0.6 is 11.6 Å². The molecule has 0 bridgehead atoms. The van der Waals surface area contributed by atoms with Crippen molar-refractivity contribution in [1.29, 1.82) is 0 Å². The number of carbonyl (C=O) groups excluding carboxylic acids is 1. The summed E-state index contributed by atoms with van der Waals surface area (Å²) in [5, 5.41) is 4.23. The fraction of sp³-hybridized carbons (Fsp3) is 0.500. The lowest BCUT2D eigenvalue weighted by atomic mass is 10.1. The lowest BCUT2D eigenvalue weighted by molar-refractivity contribution is -0.137. The highest BCUT2D eigenvalue weighted by molar-refractivity contribution is 7.88. The smallest absolute Gasteiger partial charge is 0.390 e. The minimum atomic E-state index is -4.64. The maximum Gasteiger partial charge on any atom is 0.417 e. The number of hydrogen-bond acceptors (Lipinski definition) is 7. The predicted octanol–water partition coefficient (Wildman–Crippen LogP) is 2.10. The fourth-order valence-electron chi connectivity index (χ4n) is 2.32. The van der Waals surface area contributed by atoms with Gasteiger partial charge in [-0.1, -0.05) is 16.8 Å². The molecular weight excluding hydrogens is 413 g/mol. The van der Waals surface area contributed by atoms with Gasteiger partial charge >= 0.3 is 6.18 Å². The lowest BCUT2D eigenvalue weighted by Crippen LogP contribution is -2.48. The average Bonchev–Trinajstić information content (AvgIpc) is 2.99. The summed E-state index contributed by atoms with van der Waals surface area (Å²) in [6.45, 7) is 1.06. The van der Waals surface area contributed by atoms with E-state index >= 15 is 0 Å². The number of nitrogens with zero attached hydrogens (tertiary/aromatic N) is 4. The molecule has 1 aromatic rings. The van der Waals surface area contributed by atoms with E-state index in [-0.39, 0.29) is 35.3 Å². The van der Waals surface area contributed by atoms with Gasteiger partial charge in [-0.05, 0) is 6.07 Å². The van der Waals surface area contributed by atoms with Crippen LogP contribution in [0.2, 0.25) is 5.02 Å². The number of hydrogen-bond donors (Lipinski definition) is 0. The van der Waals surface area contributed by atoms with Crippen LogP contribution in [-0.4, -0.2) is 55.3 Å². The van der Waals surface area contributed by atoms with E-state index in [1.807, 2.05) is 0 Å². The second-order valence-corrected chi connectivity index (χ2v) is 8.14. The zero-order valence-corrected chi connectivity index (χ0v) is 16.1. The van der Waals surface area contributed by atoms with Gasteiger partial charge < -0.3 is 4.84 Å². The Bertz CT molecular complexity index is 876. The van der Waals surface area contributed by atoms with E-state index < -0.39 is 27.9 Å². The molecule has 0 spiro atoms. The molecule has 13 heteroatoms. The van der Waals surface area contributed by atoms with Crippen molar-refractivity contribution in [2.45, 2.75) is 25.6 Å². The van der Waals surface area contributed by atoms with E-state index in [1.54, 1.807) is 0 Å². The molecule has 0 radical (unpaired) electrons. The number of Topliss-reactive ketones (excluding diaryl/α,β-unsaturated/α-hetero) is 1. The SMILES string of the molecule is CC(=O)C1=NOC(CN(N(C)c2ncc(C(F)(F)F)cc2Cl)S(C)(=O)=O)C1. The van der Waals surface area contributed by atoms with Gasteiger partial charge in [-0.2, -0.15) is 13.2 Å². The van der Waals surface area contributed by atoms with Gasteiger partial charge in [-0.15, -0.1) is 4.41 Å². The highest BCUT2D eigenvalue weighted by Gasteiger charge is 2.35. The van der Waals surface area contributed by atoms with Crippen LogP contribution in [0.1, 0.15) is 18.9 Å². The average molecular weight is 429 g/mol. The van der Waals surface area contributed by atoms with E-state index in [2.05, 4.69) is 10.1 Å². The van der Waals surface area contributed by atoms with Crippen molar-refractivity contribution in [3.05, 3.63) is 22.8 Å². The van der Waals surface area contributed by atoms with E-state index in [9.17, 15) is 26.4 Å². The van der Waals surface area contributed by atoms with Gasteiger partial charge in [0, 0.05) is 26.6 Å². The van der Waals surface area contributed by atoms with Crippen molar-refractivity contribution < 1.29 is 31.2 Å². The molecule has 1 aliphatic rings. The second kappa shape index (κ2) is 7.60. The third-order valence-corrected chi connectivity index (χ3v) is 5.11. The van der Waals surface area contributed by atoms with Crippen LogP contribution in [-0.2, 0) is 25.8 Å². The number of rotatable bonds is 6. The summed E-state index contributed by atoms with van der Waals surface area (Å²) in [7, 11) is -2.59. The molecular formula is C14H16ClF3N4O4S. The Morgan fingerprint density at radius 1 is 1.44 bits per heavy atom. The molecule has 27 heavy (non-hydrogen) atoms. The number of aromatic nitrogens is 1. The lowest BCUT2D eigenvalue weighted by Gasteiger charge is -2.32. The number of hydrazine groups is 1. The minimum Gasteiger partial charge on any atom is -0.390 e. The molecule has 1 aromatic heterocycles. The Morgan fingerprint density at radius 3 is 2.52 bits per heavy atom. The van der Waals surface area contributed by atoms with Crippen LogP contribution < -0.4 is 5.01 Å². The molecule has 1 aliphatic heterocycles. The van der Waals surface area contributed by atoms with E-state index in [4.69, 9.17) is 16.4 Å². The Hall–Kier alpha value is -1.92. The van der Waals surface area contributed by atoms with Crippen molar-refractivity contribution in [1.82, 2.24) is 9.40 Å². The Kier molecular flexibility index (Phi) is 6.02. The molecule has 0 fully saturated rings. The number of oxime groups is 1. The van der Waals surface area contributed by atoms with E-state index in [1.165, 1.54) is 14.0 Å². The quantitative estimate of drug-likeness (QED) is 0.644. The maximum atomic E-state index is 12.7. The van der Waals surface area contributed by atoms with Gasteiger partial charge in [0.15, 0.2) is 11.6 Å². The Morgan fingerprint density at radius 2 is 2.07 bits per heavy atom. The largest absolute Gasteiger partial charge is 0.417 e. The molecule has 8 nitrogen and oxygen atoms in total. The summed E-state index contributed by atoms with van der Waals surface area (Å²) in [5.74, 6) is -0.495. The van der Waals surface area contributed by atoms with Gasteiger partial charge in [-0.3, -0.25) is 9.80 Å². The van der Waals surface area contributed by atoms with Gasteiger partial charge in [0.25, 0.3) is 0 Å². The minimum absolute atomic E-state index is 0.101. The molecule has 150 valence electrons. The molecule has 0 saturated carbocycles. The van der Waals surface area contributed by atoms with Crippen LogP contribution in [0, 0.1) is 0 Å². The first-order valence-corrected chi connectivity index (χ1v) is 9.71. The van der Waals surface area contributed by atoms with Crippen LogP contribution in [0.5, 0.6) is 0 Å². The molecule has 1 atom stereocenters. The van der Waals surface area contributed by atoms with Crippen molar-refractivity contribution in [2.24, 2.45) is 5.16 Å². The normalized spacial score (nSPS) is 17.6. The van der Waals surface area contributed by atoms with E-state index in [0.717, 1.165) is 15.7 Å². The molecule has 2 heterocycles. The number of carbonyl (C=O) groups is 1. The molecule has 0 N–H and O–H groups in total. The van der Waals surface area contributed by atoms with Crippen LogP contribution in [0.3, 0.4) is 0 Å². The zero-order chi connectivity index (χ0) is 20.6. The monoisotopic (exact) mass is 428 g/mol.